The van der Waals surface area contributed by atoms with Crippen LogP contribution in [0.3, 0.4) is 0 Å². The predicted octanol–water partition coefficient (Wildman–Crippen LogP) is 2.44. The molecule has 0 heterocycles. The van der Waals surface area contributed by atoms with E-state index in [1.54, 1.807) is 6.07 Å². The largest absolute Gasteiger partial charge is 0.313 e. The third-order valence-corrected chi connectivity index (χ3v) is 5.02. The molecule has 0 fully saturated rings. The fraction of sp³-hybridized carbons (Fsp3) is 0.600. The third-order valence-electron chi connectivity index (χ3n) is 3.35. The van der Waals surface area contributed by atoms with Gasteiger partial charge < -0.3 is 5.32 Å². The van der Waals surface area contributed by atoms with Crippen molar-refractivity contribution in [2.45, 2.75) is 58.0 Å². The van der Waals surface area contributed by atoms with E-state index in [2.05, 4.69) is 10.0 Å². The smallest absolute Gasteiger partial charge is 0.241 e. The van der Waals surface area contributed by atoms with Gasteiger partial charge in [-0.3, -0.25) is 0 Å². The van der Waals surface area contributed by atoms with Crippen molar-refractivity contribution >= 4 is 10.0 Å². The number of aryl methyl sites for hydroxylation is 1. The summed E-state index contributed by atoms with van der Waals surface area (Å²) < 4.78 is 27.7. The molecule has 0 aromatic heterocycles. The number of hydrogen-bond donors (Lipinski definition) is 2. The summed E-state index contributed by atoms with van der Waals surface area (Å²) in [6.45, 7) is 9.40. The Labute approximate surface area is 123 Å². The van der Waals surface area contributed by atoms with Crippen LogP contribution in [-0.4, -0.2) is 21.0 Å². The highest BCUT2D eigenvalue weighted by Gasteiger charge is 2.20. The molecule has 0 amide bonds. The average molecular weight is 298 g/mol. The first-order valence-corrected chi connectivity index (χ1v) is 8.77. The number of nitrogens with one attached hydrogen (secondary N) is 2. The van der Waals surface area contributed by atoms with Crippen LogP contribution in [0.15, 0.2) is 23.1 Å². The molecular weight excluding hydrogens is 272 g/mol. The molecule has 1 aromatic carbocycles. The zero-order chi connectivity index (χ0) is 15.2. The number of rotatable bonds is 8. The molecule has 1 rings (SSSR count). The van der Waals surface area contributed by atoms with Gasteiger partial charge in [-0.1, -0.05) is 32.9 Å². The lowest BCUT2D eigenvalue weighted by Gasteiger charge is -2.16. The Morgan fingerprint density at radius 2 is 1.90 bits per heavy atom. The van der Waals surface area contributed by atoms with Crippen molar-refractivity contribution in [3.05, 3.63) is 29.3 Å². The molecule has 0 aliphatic carbocycles. The van der Waals surface area contributed by atoms with Crippen LogP contribution in [0, 0.1) is 0 Å². The van der Waals surface area contributed by atoms with Gasteiger partial charge in [0.1, 0.15) is 0 Å². The van der Waals surface area contributed by atoms with E-state index in [9.17, 15) is 8.42 Å². The summed E-state index contributed by atoms with van der Waals surface area (Å²) in [5.74, 6) is 0. The summed E-state index contributed by atoms with van der Waals surface area (Å²) in [6, 6.07) is 5.63. The lowest BCUT2D eigenvalue weighted by atomic mass is 10.1. The molecule has 1 atom stereocenters. The van der Waals surface area contributed by atoms with E-state index in [0.717, 1.165) is 24.1 Å². The molecule has 0 spiro atoms. The number of hydrogen-bond acceptors (Lipinski definition) is 3. The van der Waals surface area contributed by atoms with Crippen molar-refractivity contribution in [1.29, 1.82) is 0 Å². The molecule has 1 aromatic rings. The summed E-state index contributed by atoms with van der Waals surface area (Å²) >= 11 is 0. The monoisotopic (exact) mass is 298 g/mol. The summed E-state index contributed by atoms with van der Waals surface area (Å²) in [7, 11) is -3.44. The standard InChI is InChI=1S/C15H26N2O2S/c1-5-12(4)17-20(18,19)15-10-13(11-16-7-3)8-9-14(15)6-2/h8-10,12,16-17H,5-7,11H2,1-4H3. The van der Waals surface area contributed by atoms with Crippen molar-refractivity contribution < 1.29 is 8.42 Å². The molecule has 0 aliphatic rings. The Hall–Kier alpha value is -0.910. The fourth-order valence-electron chi connectivity index (χ4n) is 1.93. The van der Waals surface area contributed by atoms with Crippen LogP contribution >= 0.6 is 0 Å². The highest BCUT2D eigenvalue weighted by molar-refractivity contribution is 7.89. The van der Waals surface area contributed by atoms with Gasteiger partial charge in [0.2, 0.25) is 10.0 Å². The van der Waals surface area contributed by atoms with Crippen molar-refractivity contribution in [2.24, 2.45) is 0 Å². The predicted molar refractivity (Wildman–Crippen MR) is 83.3 cm³/mol. The maximum Gasteiger partial charge on any atom is 0.241 e. The molecule has 1 unspecified atom stereocenters. The highest BCUT2D eigenvalue weighted by Crippen LogP contribution is 2.19. The zero-order valence-electron chi connectivity index (χ0n) is 12.9. The van der Waals surface area contributed by atoms with Crippen molar-refractivity contribution in [3.8, 4) is 0 Å². The van der Waals surface area contributed by atoms with E-state index in [4.69, 9.17) is 0 Å². The minimum atomic E-state index is -3.44. The lowest BCUT2D eigenvalue weighted by Crippen LogP contribution is -2.32. The molecule has 0 aliphatic heterocycles. The van der Waals surface area contributed by atoms with Gasteiger partial charge in [-0.05, 0) is 43.5 Å². The van der Waals surface area contributed by atoms with E-state index >= 15 is 0 Å². The second-order valence-electron chi connectivity index (χ2n) is 5.01. The van der Waals surface area contributed by atoms with Gasteiger partial charge in [0, 0.05) is 12.6 Å². The highest BCUT2D eigenvalue weighted by atomic mass is 32.2. The van der Waals surface area contributed by atoms with Crippen molar-refractivity contribution in [2.75, 3.05) is 6.54 Å². The van der Waals surface area contributed by atoms with E-state index in [-0.39, 0.29) is 6.04 Å². The summed E-state index contributed by atoms with van der Waals surface area (Å²) in [5, 5.41) is 3.22. The molecule has 2 N–H and O–H groups in total. The van der Waals surface area contributed by atoms with Crippen LogP contribution < -0.4 is 10.0 Å². The molecular formula is C15H26N2O2S. The average Bonchev–Trinajstić information content (AvgIpc) is 2.44. The molecule has 0 bridgehead atoms. The van der Waals surface area contributed by atoms with E-state index in [0.29, 0.717) is 17.9 Å². The Morgan fingerprint density at radius 1 is 1.20 bits per heavy atom. The van der Waals surface area contributed by atoms with Gasteiger partial charge in [-0.25, -0.2) is 13.1 Å². The fourth-order valence-corrected chi connectivity index (χ4v) is 3.62. The summed E-state index contributed by atoms with van der Waals surface area (Å²) in [5.41, 5.74) is 1.86. The quantitative estimate of drug-likeness (QED) is 0.775. The lowest BCUT2D eigenvalue weighted by molar-refractivity contribution is 0.554. The summed E-state index contributed by atoms with van der Waals surface area (Å²) in [6.07, 6.45) is 1.48. The molecule has 0 radical (unpaired) electrons. The number of sulfonamides is 1. The first kappa shape index (κ1) is 17.1. The van der Waals surface area contributed by atoms with Crippen LogP contribution in [0.1, 0.15) is 45.2 Å². The van der Waals surface area contributed by atoms with Crippen LogP contribution in [0.25, 0.3) is 0 Å². The Kier molecular flexibility index (Phi) is 6.65. The Bertz CT molecular complexity index is 527. The Morgan fingerprint density at radius 3 is 2.45 bits per heavy atom. The number of benzene rings is 1. The Balaban J connectivity index is 3.12. The van der Waals surface area contributed by atoms with Crippen molar-refractivity contribution in [3.63, 3.8) is 0 Å². The minimum Gasteiger partial charge on any atom is -0.313 e. The third kappa shape index (κ3) is 4.58. The van der Waals surface area contributed by atoms with Gasteiger partial charge >= 0.3 is 0 Å². The maximum atomic E-state index is 12.5. The first-order chi connectivity index (χ1) is 9.44. The molecule has 5 heteroatoms. The van der Waals surface area contributed by atoms with Gasteiger partial charge in [-0.2, -0.15) is 0 Å². The second-order valence-corrected chi connectivity index (χ2v) is 6.69. The SMILES string of the molecule is CCNCc1ccc(CC)c(S(=O)(=O)NC(C)CC)c1. The van der Waals surface area contributed by atoms with Crippen LogP contribution in [0.5, 0.6) is 0 Å². The molecule has 20 heavy (non-hydrogen) atoms. The van der Waals surface area contributed by atoms with E-state index in [1.807, 2.05) is 39.8 Å². The van der Waals surface area contributed by atoms with Gasteiger partial charge in [0.25, 0.3) is 0 Å². The van der Waals surface area contributed by atoms with E-state index < -0.39 is 10.0 Å². The van der Waals surface area contributed by atoms with Crippen LogP contribution in [0.2, 0.25) is 0 Å². The van der Waals surface area contributed by atoms with Crippen molar-refractivity contribution in [1.82, 2.24) is 10.0 Å². The van der Waals surface area contributed by atoms with Gasteiger partial charge in [-0.15, -0.1) is 0 Å². The van der Waals surface area contributed by atoms with E-state index in [1.165, 1.54) is 0 Å². The minimum absolute atomic E-state index is 0.0536. The molecule has 0 saturated carbocycles. The van der Waals surface area contributed by atoms with Gasteiger partial charge in [0.15, 0.2) is 0 Å². The second kappa shape index (κ2) is 7.76. The molecule has 114 valence electrons. The first-order valence-electron chi connectivity index (χ1n) is 7.29. The molecule has 4 nitrogen and oxygen atoms in total. The maximum absolute atomic E-state index is 12.5. The summed E-state index contributed by atoms with van der Waals surface area (Å²) in [4.78, 5) is 0.413. The van der Waals surface area contributed by atoms with Gasteiger partial charge in [0.05, 0.1) is 4.90 Å². The van der Waals surface area contributed by atoms with Crippen LogP contribution in [-0.2, 0) is 23.0 Å². The topological polar surface area (TPSA) is 58.2 Å². The van der Waals surface area contributed by atoms with Crippen LogP contribution in [0.4, 0.5) is 0 Å². The zero-order valence-corrected chi connectivity index (χ0v) is 13.7. The normalized spacial score (nSPS) is 13.4. The molecule has 0 saturated heterocycles.